The number of hydrogen-bond donors (Lipinski definition) is 2. The normalized spacial score (nSPS) is 21.8. The van der Waals surface area contributed by atoms with Crippen molar-refractivity contribution in [2.75, 3.05) is 0 Å². The predicted octanol–water partition coefficient (Wildman–Crippen LogP) is 4.32. The van der Waals surface area contributed by atoms with Gasteiger partial charge in [-0.2, -0.15) is 0 Å². The van der Waals surface area contributed by atoms with Gasteiger partial charge < -0.3 is 10.2 Å². The monoisotopic (exact) mass is 266 g/mol. The molecule has 0 aliphatic heterocycles. The van der Waals surface area contributed by atoms with Gasteiger partial charge in [0.15, 0.2) is 0 Å². The lowest BCUT2D eigenvalue weighted by Gasteiger charge is -2.23. The topological polar surface area (TPSA) is 40.5 Å². The Labute approximate surface area is 119 Å². The summed E-state index contributed by atoms with van der Waals surface area (Å²) in [5, 5.41) is 18.7. The number of rotatable bonds is 2. The summed E-state index contributed by atoms with van der Waals surface area (Å²) < 4.78 is 0. The van der Waals surface area contributed by atoms with Crippen LogP contribution in [0.1, 0.15) is 35.8 Å². The van der Waals surface area contributed by atoms with E-state index in [4.69, 9.17) is 0 Å². The number of allylic oxidation sites excluding steroid dienone is 2. The highest BCUT2D eigenvalue weighted by Gasteiger charge is 2.18. The van der Waals surface area contributed by atoms with Gasteiger partial charge in [0.25, 0.3) is 0 Å². The third-order valence-corrected chi connectivity index (χ3v) is 4.01. The largest absolute Gasteiger partial charge is 0.508 e. The van der Waals surface area contributed by atoms with Crippen LogP contribution in [-0.4, -0.2) is 10.2 Å². The molecule has 0 amide bonds. The maximum atomic E-state index is 9.33. The van der Waals surface area contributed by atoms with Crippen LogP contribution >= 0.6 is 0 Å². The molecule has 2 heteroatoms. The Kier molecular flexibility index (Phi) is 3.46. The van der Waals surface area contributed by atoms with Gasteiger partial charge in [-0.1, -0.05) is 36.4 Å². The Morgan fingerprint density at radius 1 is 0.600 bits per heavy atom. The molecule has 1 aliphatic rings. The van der Waals surface area contributed by atoms with E-state index < -0.39 is 0 Å². The zero-order chi connectivity index (χ0) is 13.9. The predicted molar refractivity (Wildman–Crippen MR) is 80.1 cm³/mol. The van der Waals surface area contributed by atoms with Gasteiger partial charge in [-0.05, 0) is 48.2 Å². The fraction of sp³-hybridized carbons (Fsp3) is 0.222. The minimum Gasteiger partial charge on any atom is -0.508 e. The van der Waals surface area contributed by atoms with Gasteiger partial charge in [0.05, 0.1) is 0 Å². The van der Waals surface area contributed by atoms with Crippen LogP contribution in [0, 0.1) is 0 Å². The van der Waals surface area contributed by atoms with Crippen molar-refractivity contribution in [3.8, 4) is 11.5 Å². The van der Waals surface area contributed by atoms with Crippen LogP contribution in [0.25, 0.3) is 0 Å². The Bertz CT molecular complexity index is 541. The number of hydrogen-bond acceptors (Lipinski definition) is 2. The van der Waals surface area contributed by atoms with E-state index in [9.17, 15) is 10.2 Å². The molecule has 2 aromatic carbocycles. The summed E-state index contributed by atoms with van der Waals surface area (Å²) >= 11 is 0. The van der Waals surface area contributed by atoms with Crippen LogP contribution in [0.15, 0.2) is 60.7 Å². The van der Waals surface area contributed by atoms with Crippen molar-refractivity contribution in [2.24, 2.45) is 0 Å². The average molecular weight is 266 g/mol. The quantitative estimate of drug-likeness (QED) is 0.795. The van der Waals surface area contributed by atoms with Crippen LogP contribution in [0.5, 0.6) is 11.5 Å². The molecule has 3 rings (SSSR count). The first-order chi connectivity index (χ1) is 9.72. The highest BCUT2D eigenvalue weighted by Crippen LogP contribution is 2.35. The molecule has 2 atom stereocenters. The van der Waals surface area contributed by atoms with Crippen LogP contribution in [-0.2, 0) is 0 Å². The highest BCUT2D eigenvalue weighted by molar-refractivity contribution is 5.35. The lowest BCUT2D eigenvalue weighted by atomic mass is 9.81. The summed E-state index contributed by atoms with van der Waals surface area (Å²) in [4.78, 5) is 0. The van der Waals surface area contributed by atoms with E-state index in [1.807, 2.05) is 24.3 Å². The zero-order valence-electron chi connectivity index (χ0n) is 11.2. The third kappa shape index (κ3) is 2.69. The van der Waals surface area contributed by atoms with Crippen molar-refractivity contribution in [1.29, 1.82) is 0 Å². The minimum absolute atomic E-state index is 0.315. The molecule has 2 nitrogen and oxygen atoms in total. The van der Waals surface area contributed by atoms with Gasteiger partial charge in [-0.3, -0.25) is 0 Å². The van der Waals surface area contributed by atoms with E-state index in [1.165, 1.54) is 11.1 Å². The first-order valence-electron chi connectivity index (χ1n) is 6.98. The molecular weight excluding hydrogens is 248 g/mol. The second-order valence-electron chi connectivity index (χ2n) is 5.36. The van der Waals surface area contributed by atoms with E-state index in [0.717, 1.165) is 12.8 Å². The molecule has 0 aromatic heterocycles. The van der Waals surface area contributed by atoms with Crippen molar-refractivity contribution in [3.63, 3.8) is 0 Å². The SMILES string of the molecule is Oc1ccc(C2C=CC(c3ccc(O)cc3)CC2)cc1. The molecule has 0 saturated heterocycles. The molecule has 102 valence electrons. The summed E-state index contributed by atoms with van der Waals surface area (Å²) in [6.07, 6.45) is 6.72. The first-order valence-corrected chi connectivity index (χ1v) is 6.98. The summed E-state index contributed by atoms with van der Waals surface area (Å²) in [5.74, 6) is 1.50. The lowest BCUT2D eigenvalue weighted by molar-refractivity contribution is 0.474. The number of phenols is 2. The maximum absolute atomic E-state index is 9.33. The van der Waals surface area contributed by atoms with Crippen LogP contribution < -0.4 is 0 Å². The molecule has 2 aromatic rings. The third-order valence-electron chi connectivity index (χ3n) is 4.01. The van der Waals surface area contributed by atoms with E-state index in [2.05, 4.69) is 12.2 Å². The maximum Gasteiger partial charge on any atom is 0.115 e. The molecule has 0 heterocycles. The van der Waals surface area contributed by atoms with Crippen molar-refractivity contribution in [2.45, 2.75) is 24.7 Å². The van der Waals surface area contributed by atoms with Gasteiger partial charge in [0.1, 0.15) is 11.5 Å². The number of aromatic hydroxyl groups is 2. The molecule has 0 fully saturated rings. The van der Waals surface area contributed by atoms with Crippen molar-refractivity contribution in [3.05, 3.63) is 71.8 Å². The summed E-state index contributed by atoms with van der Waals surface area (Å²) in [5.41, 5.74) is 2.51. The molecule has 0 saturated carbocycles. The van der Waals surface area contributed by atoms with Gasteiger partial charge >= 0.3 is 0 Å². The van der Waals surface area contributed by atoms with E-state index in [-0.39, 0.29) is 0 Å². The summed E-state index contributed by atoms with van der Waals surface area (Å²) in [6, 6.07) is 14.9. The van der Waals surface area contributed by atoms with E-state index in [0.29, 0.717) is 23.3 Å². The van der Waals surface area contributed by atoms with Crippen molar-refractivity contribution >= 4 is 0 Å². The Balaban J connectivity index is 1.74. The number of phenolic OH excluding ortho intramolecular Hbond substituents is 2. The fourth-order valence-electron chi connectivity index (χ4n) is 2.82. The second kappa shape index (κ2) is 5.41. The standard InChI is InChI=1S/C18H18O2/c19-17-9-5-15(6-10-17)13-1-2-14(4-3-13)16-7-11-18(20)12-8-16/h1-2,5-14,19-20H,3-4H2. The van der Waals surface area contributed by atoms with Crippen LogP contribution in [0.3, 0.4) is 0 Å². The second-order valence-corrected chi connectivity index (χ2v) is 5.36. The molecule has 2 unspecified atom stereocenters. The van der Waals surface area contributed by atoms with Crippen molar-refractivity contribution < 1.29 is 10.2 Å². The van der Waals surface area contributed by atoms with Crippen LogP contribution in [0.4, 0.5) is 0 Å². The molecular formula is C18H18O2. The molecule has 0 bridgehead atoms. The van der Waals surface area contributed by atoms with E-state index in [1.54, 1.807) is 24.3 Å². The first kappa shape index (κ1) is 12.8. The fourth-order valence-corrected chi connectivity index (χ4v) is 2.82. The molecule has 0 radical (unpaired) electrons. The molecule has 2 N–H and O–H groups in total. The lowest BCUT2D eigenvalue weighted by Crippen LogP contribution is -2.06. The smallest absolute Gasteiger partial charge is 0.115 e. The Hall–Kier alpha value is -2.22. The molecule has 0 spiro atoms. The van der Waals surface area contributed by atoms with Crippen molar-refractivity contribution in [1.82, 2.24) is 0 Å². The van der Waals surface area contributed by atoms with E-state index >= 15 is 0 Å². The Morgan fingerprint density at radius 2 is 0.950 bits per heavy atom. The zero-order valence-corrected chi connectivity index (χ0v) is 11.2. The highest BCUT2D eigenvalue weighted by atomic mass is 16.3. The van der Waals surface area contributed by atoms with Gasteiger partial charge in [0, 0.05) is 11.8 Å². The average Bonchev–Trinajstić information content (AvgIpc) is 2.49. The van der Waals surface area contributed by atoms with Gasteiger partial charge in [-0.25, -0.2) is 0 Å². The number of benzene rings is 2. The Morgan fingerprint density at radius 3 is 1.25 bits per heavy atom. The summed E-state index contributed by atoms with van der Waals surface area (Å²) in [6.45, 7) is 0. The van der Waals surface area contributed by atoms with Gasteiger partial charge in [0.2, 0.25) is 0 Å². The minimum atomic E-state index is 0.315. The summed E-state index contributed by atoms with van der Waals surface area (Å²) in [7, 11) is 0. The molecule has 1 aliphatic carbocycles. The molecule has 20 heavy (non-hydrogen) atoms. The van der Waals surface area contributed by atoms with Gasteiger partial charge in [-0.15, -0.1) is 0 Å². The van der Waals surface area contributed by atoms with Crippen LogP contribution in [0.2, 0.25) is 0 Å².